The summed E-state index contributed by atoms with van der Waals surface area (Å²) in [4.78, 5) is 3.84. The van der Waals surface area contributed by atoms with E-state index in [0.29, 0.717) is 5.56 Å². The second kappa shape index (κ2) is 4.82. The smallest absolute Gasteiger partial charge is 0.195 e. The van der Waals surface area contributed by atoms with Gasteiger partial charge in [0.2, 0.25) is 0 Å². The number of rotatable bonds is 3. The van der Waals surface area contributed by atoms with Crippen molar-refractivity contribution in [3.8, 4) is 6.07 Å². The van der Waals surface area contributed by atoms with E-state index < -0.39 is 9.84 Å². The second-order valence-corrected chi connectivity index (χ2v) is 6.12. The summed E-state index contributed by atoms with van der Waals surface area (Å²) in [5, 5.41) is 11.9. The average molecular weight is 251 g/mol. The van der Waals surface area contributed by atoms with Gasteiger partial charge in [-0.3, -0.25) is 0 Å². The molecule has 0 aromatic carbocycles. The molecule has 1 saturated heterocycles. The topological polar surface area (TPSA) is 82.8 Å². The lowest BCUT2D eigenvalue weighted by Crippen LogP contribution is -2.19. The van der Waals surface area contributed by atoms with Gasteiger partial charge in [-0.15, -0.1) is 0 Å². The zero-order chi connectivity index (χ0) is 12.3. The number of nitrogens with zero attached hydrogens (tertiary/aromatic N) is 2. The highest BCUT2D eigenvalue weighted by Gasteiger charge is 2.24. The van der Waals surface area contributed by atoms with E-state index in [-0.39, 0.29) is 16.7 Å². The summed E-state index contributed by atoms with van der Waals surface area (Å²) in [6, 6.07) is 4.74. The summed E-state index contributed by atoms with van der Waals surface area (Å²) in [5.41, 5.74) is 0.322. The second-order valence-electron chi connectivity index (χ2n) is 4.13. The van der Waals surface area contributed by atoms with Crippen molar-refractivity contribution in [1.82, 2.24) is 10.3 Å². The molecule has 1 aliphatic heterocycles. The Balaban J connectivity index is 2.22. The van der Waals surface area contributed by atoms with Crippen LogP contribution in [-0.4, -0.2) is 32.2 Å². The number of aromatic nitrogens is 1. The first-order chi connectivity index (χ1) is 8.12. The van der Waals surface area contributed by atoms with Gasteiger partial charge in [-0.05, 0) is 37.6 Å². The van der Waals surface area contributed by atoms with E-state index in [9.17, 15) is 8.42 Å². The zero-order valence-electron chi connectivity index (χ0n) is 9.26. The van der Waals surface area contributed by atoms with Crippen molar-refractivity contribution in [2.45, 2.75) is 11.4 Å². The van der Waals surface area contributed by atoms with Gasteiger partial charge in [0, 0.05) is 6.20 Å². The van der Waals surface area contributed by atoms with Gasteiger partial charge < -0.3 is 5.32 Å². The number of nitrogens with one attached hydrogen (secondary N) is 1. The van der Waals surface area contributed by atoms with Gasteiger partial charge >= 0.3 is 0 Å². The number of hydrogen-bond acceptors (Lipinski definition) is 5. The number of sulfone groups is 1. The van der Waals surface area contributed by atoms with Crippen LogP contribution in [0.25, 0.3) is 0 Å². The third-order valence-corrected chi connectivity index (χ3v) is 4.57. The summed E-state index contributed by atoms with van der Waals surface area (Å²) in [6.07, 6.45) is 2.23. The molecule has 1 aromatic heterocycles. The predicted octanol–water partition coefficient (Wildman–Crippen LogP) is 0.336. The van der Waals surface area contributed by atoms with Gasteiger partial charge in [0.15, 0.2) is 14.9 Å². The van der Waals surface area contributed by atoms with E-state index in [4.69, 9.17) is 5.26 Å². The Bertz CT molecular complexity index is 542. The van der Waals surface area contributed by atoms with E-state index in [0.717, 1.165) is 19.5 Å². The van der Waals surface area contributed by atoms with Crippen molar-refractivity contribution >= 4 is 9.84 Å². The van der Waals surface area contributed by atoms with Crippen LogP contribution in [0.2, 0.25) is 0 Å². The lowest BCUT2D eigenvalue weighted by Gasteiger charge is -2.08. The minimum atomic E-state index is -3.38. The van der Waals surface area contributed by atoms with Crippen molar-refractivity contribution in [1.29, 1.82) is 5.26 Å². The van der Waals surface area contributed by atoms with E-state index in [1.807, 2.05) is 6.07 Å². The Morgan fingerprint density at radius 1 is 1.59 bits per heavy atom. The maximum atomic E-state index is 12.1. The number of hydrogen-bond donors (Lipinski definition) is 1. The monoisotopic (exact) mass is 251 g/mol. The maximum Gasteiger partial charge on any atom is 0.195 e. The van der Waals surface area contributed by atoms with Gasteiger partial charge in [0.25, 0.3) is 0 Å². The molecule has 5 nitrogen and oxygen atoms in total. The van der Waals surface area contributed by atoms with Crippen LogP contribution in [0.4, 0.5) is 0 Å². The summed E-state index contributed by atoms with van der Waals surface area (Å²) in [5.74, 6) is 0.245. The molecule has 17 heavy (non-hydrogen) atoms. The first-order valence-corrected chi connectivity index (χ1v) is 7.07. The van der Waals surface area contributed by atoms with E-state index in [1.165, 1.54) is 18.3 Å². The summed E-state index contributed by atoms with van der Waals surface area (Å²) in [6.45, 7) is 1.60. The first kappa shape index (κ1) is 12.0. The third kappa shape index (κ3) is 2.81. The zero-order valence-corrected chi connectivity index (χ0v) is 10.1. The van der Waals surface area contributed by atoms with Crippen LogP contribution in [-0.2, 0) is 9.84 Å². The van der Waals surface area contributed by atoms with Gasteiger partial charge in [-0.25, -0.2) is 13.4 Å². The number of nitriles is 1. The summed E-state index contributed by atoms with van der Waals surface area (Å²) < 4.78 is 24.1. The molecule has 1 aromatic rings. The van der Waals surface area contributed by atoms with E-state index in [1.54, 1.807) is 0 Å². The predicted molar refractivity (Wildman–Crippen MR) is 62.0 cm³/mol. The molecule has 0 amide bonds. The molecular weight excluding hydrogens is 238 g/mol. The van der Waals surface area contributed by atoms with Crippen molar-refractivity contribution in [2.24, 2.45) is 5.92 Å². The van der Waals surface area contributed by atoms with Crippen LogP contribution in [0.5, 0.6) is 0 Å². The lowest BCUT2D eigenvalue weighted by molar-refractivity contribution is 0.567. The van der Waals surface area contributed by atoms with Gasteiger partial charge in [0.05, 0.1) is 17.4 Å². The van der Waals surface area contributed by atoms with Crippen LogP contribution < -0.4 is 5.32 Å². The van der Waals surface area contributed by atoms with Crippen molar-refractivity contribution in [3.63, 3.8) is 0 Å². The van der Waals surface area contributed by atoms with Gasteiger partial charge in [-0.1, -0.05) is 0 Å². The molecule has 1 aliphatic rings. The molecular formula is C11H13N3O2S. The summed E-state index contributed by atoms with van der Waals surface area (Å²) in [7, 11) is -3.38. The van der Waals surface area contributed by atoms with Crippen LogP contribution in [0.1, 0.15) is 12.0 Å². The van der Waals surface area contributed by atoms with Crippen molar-refractivity contribution in [2.75, 3.05) is 18.8 Å². The Morgan fingerprint density at radius 3 is 3.06 bits per heavy atom. The molecule has 1 fully saturated rings. The van der Waals surface area contributed by atoms with Crippen LogP contribution >= 0.6 is 0 Å². The van der Waals surface area contributed by atoms with E-state index in [2.05, 4.69) is 10.3 Å². The van der Waals surface area contributed by atoms with E-state index >= 15 is 0 Å². The summed E-state index contributed by atoms with van der Waals surface area (Å²) >= 11 is 0. The first-order valence-electron chi connectivity index (χ1n) is 5.41. The Morgan fingerprint density at radius 2 is 2.41 bits per heavy atom. The molecule has 0 saturated carbocycles. The number of pyridine rings is 1. The minimum Gasteiger partial charge on any atom is -0.316 e. The van der Waals surface area contributed by atoms with Crippen molar-refractivity contribution in [3.05, 3.63) is 23.9 Å². The fraction of sp³-hybridized carbons (Fsp3) is 0.455. The molecule has 1 atom stereocenters. The highest BCUT2D eigenvalue weighted by Crippen LogP contribution is 2.16. The lowest BCUT2D eigenvalue weighted by atomic mass is 10.2. The highest BCUT2D eigenvalue weighted by molar-refractivity contribution is 7.91. The Labute approximate surface area is 100 Å². The molecule has 0 aliphatic carbocycles. The molecule has 6 heteroatoms. The highest BCUT2D eigenvalue weighted by atomic mass is 32.2. The molecule has 2 heterocycles. The van der Waals surface area contributed by atoms with Crippen molar-refractivity contribution < 1.29 is 8.42 Å². The molecule has 2 rings (SSSR count). The minimum absolute atomic E-state index is 0.00319. The molecule has 0 bridgehead atoms. The molecule has 0 spiro atoms. The average Bonchev–Trinajstić information content (AvgIpc) is 2.81. The Hall–Kier alpha value is -1.45. The SMILES string of the molecule is N#Cc1ccnc(S(=O)(=O)C[C@@H]2CCNC2)c1. The molecule has 90 valence electrons. The van der Waals surface area contributed by atoms with Gasteiger partial charge in [-0.2, -0.15) is 5.26 Å². The third-order valence-electron chi connectivity index (χ3n) is 2.80. The quantitative estimate of drug-likeness (QED) is 0.837. The Kier molecular flexibility index (Phi) is 3.41. The van der Waals surface area contributed by atoms with Crippen LogP contribution in [0.3, 0.4) is 0 Å². The van der Waals surface area contributed by atoms with Crippen LogP contribution in [0, 0.1) is 17.2 Å². The van der Waals surface area contributed by atoms with Crippen LogP contribution in [0.15, 0.2) is 23.4 Å². The fourth-order valence-electron chi connectivity index (χ4n) is 1.90. The molecule has 0 radical (unpaired) electrons. The maximum absolute atomic E-state index is 12.1. The molecule has 1 N–H and O–H groups in total. The molecule has 0 unspecified atom stereocenters. The standard InChI is InChI=1S/C11H13N3O2S/c12-6-9-2-4-14-11(5-9)17(15,16)8-10-1-3-13-7-10/h2,4-5,10,13H,1,3,7-8H2/t10-/m1/s1. The van der Waals surface area contributed by atoms with Gasteiger partial charge in [0.1, 0.15) is 0 Å². The normalized spacial score (nSPS) is 20.1. The largest absolute Gasteiger partial charge is 0.316 e. The fourth-order valence-corrected chi connectivity index (χ4v) is 3.51.